The standard InChI is InChI=1S/C28H24N2O7/c1-34-17-13-11-16(12-14-17)30-22(20-10-6-7-15-29-20)24(31)18-8-4-5-9-19(18)25-23(30)21(27(32)35-2)26(37-25)28(33)36-3/h4-15,22,24,31H,1-3H3/t22-,24+/m1/s1. The Labute approximate surface area is 212 Å². The zero-order valence-electron chi connectivity index (χ0n) is 20.4. The number of carbonyl (C=O) groups excluding carboxylic acids is 2. The topological polar surface area (TPSA) is 111 Å². The number of furan rings is 1. The highest BCUT2D eigenvalue weighted by Gasteiger charge is 2.44. The fraction of sp³-hybridized carbons (Fsp3) is 0.179. The predicted molar refractivity (Wildman–Crippen MR) is 134 cm³/mol. The Balaban J connectivity index is 1.92. The number of methoxy groups -OCH3 is 3. The molecule has 188 valence electrons. The van der Waals surface area contributed by atoms with Gasteiger partial charge in [-0.2, -0.15) is 0 Å². The molecular weight excluding hydrogens is 476 g/mol. The van der Waals surface area contributed by atoms with Crippen molar-refractivity contribution in [3.63, 3.8) is 0 Å². The highest BCUT2D eigenvalue weighted by Crippen LogP contribution is 2.53. The summed E-state index contributed by atoms with van der Waals surface area (Å²) in [6.07, 6.45) is 0.533. The van der Waals surface area contributed by atoms with Crippen LogP contribution < -0.4 is 9.64 Å². The molecule has 0 saturated heterocycles. The maximum Gasteiger partial charge on any atom is 0.374 e. The number of aromatic nitrogens is 1. The zero-order valence-corrected chi connectivity index (χ0v) is 20.4. The number of aliphatic hydroxyl groups is 1. The van der Waals surface area contributed by atoms with Gasteiger partial charge in [-0.15, -0.1) is 0 Å². The van der Waals surface area contributed by atoms with Gasteiger partial charge < -0.3 is 28.6 Å². The monoisotopic (exact) mass is 500 g/mol. The smallest absolute Gasteiger partial charge is 0.374 e. The summed E-state index contributed by atoms with van der Waals surface area (Å²) in [5.41, 5.74) is 2.30. The van der Waals surface area contributed by atoms with Crippen molar-refractivity contribution >= 4 is 23.3 Å². The van der Waals surface area contributed by atoms with Gasteiger partial charge in [0.25, 0.3) is 0 Å². The molecule has 9 heteroatoms. The van der Waals surface area contributed by atoms with E-state index in [-0.39, 0.29) is 22.8 Å². The molecule has 1 aliphatic heterocycles. The molecule has 1 aliphatic rings. The predicted octanol–water partition coefficient (Wildman–Crippen LogP) is 4.85. The second kappa shape index (κ2) is 9.79. The van der Waals surface area contributed by atoms with E-state index in [1.165, 1.54) is 14.2 Å². The van der Waals surface area contributed by atoms with E-state index >= 15 is 0 Å². The number of hydrogen-bond acceptors (Lipinski definition) is 9. The Morgan fingerprint density at radius 1 is 0.919 bits per heavy atom. The fourth-order valence-corrected chi connectivity index (χ4v) is 4.65. The van der Waals surface area contributed by atoms with Crippen molar-refractivity contribution in [1.29, 1.82) is 0 Å². The molecule has 0 amide bonds. The third kappa shape index (κ3) is 3.99. The number of pyridine rings is 1. The maximum atomic E-state index is 13.2. The Morgan fingerprint density at radius 3 is 2.27 bits per heavy atom. The second-order valence-electron chi connectivity index (χ2n) is 8.27. The Kier molecular flexibility index (Phi) is 6.37. The first kappa shape index (κ1) is 24.1. The van der Waals surface area contributed by atoms with Crippen molar-refractivity contribution in [2.45, 2.75) is 12.1 Å². The van der Waals surface area contributed by atoms with Crippen molar-refractivity contribution in [3.8, 4) is 17.1 Å². The van der Waals surface area contributed by atoms with Gasteiger partial charge in [0, 0.05) is 17.4 Å². The van der Waals surface area contributed by atoms with E-state index in [0.29, 0.717) is 28.3 Å². The van der Waals surface area contributed by atoms with Gasteiger partial charge in [0.2, 0.25) is 5.76 Å². The number of ether oxygens (including phenoxy) is 3. The van der Waals surface area contributed by atoms with E-state index in [1.54, 1.807) is 78.9 Å². The molecule has 5 rings (SSSR count). The lowest BCUT2D eigenvalue weighted by atomic mass is 9.95. The quantitative estimate of drug-likeness (QED) is 0.384. The number of aliphatic hydroxyl groups excluding tert-OH is 1. The molecule has 4 aromatic rings. The largest absolute Gasteiger partial charge is 0.497 e. The third-order valence-electron chi connectivity index (χ3n) is 6.33. The van der Waals surface area contributed by atoms with Crippen LogP contribution >= 0.6 is 0 Å². The summed E-state index contributed by atoms with van der Waals surface area (Å²) in [5.74, 6) is -1.10. The van der Waals surface area contributed by atoms with Crippen LogP contribution in [0, 0.1) is 0 Å². The van der Waals surface area contributed by atoms with Crippen molar-refractivity contribution in [2.75, 3.05) is 26.2 Å². The summed E-state index contributed by atoms with van der Waals surface area (Å²) in [5, 5.41) is 11.8. The average Bonchev–Trinajstić information content (AvgIpc) is 3.31. The number of anilines is 2. The molecule has 0 aliphatic carbocycles. The number of fused-ring (bicyclic) bond motifs is 3. The normalized spacial score (nSPS) is 16.3. The molecule has 2 aromatic carbocycles. The molecule has 9 nitrogen and oxygen atoms in total. The van der Waals surface area contributed by atoms with Crippen LogP contribution in [0.4, 0.5) is 11.4 Å². The Morgan fingerprint density at radius 2 is 1.62 bits per heavy atom. The molecule has 37 heavy (non-hydrogen) atoms. The number of benzene rings is 2. The lowest BCUT2D eigenvalue weighted by Crippen LogP contribution is -2.30. The van der Waals surface area contributed by atoms with Gasteiger partial charge in [0.05, 0.1) is 27.0 Å². The van der Waals surface area contributed by atoms with Gasteiger partial charge in [0.1, 0.15) is 29.1 Å². The first-order valence-electron chi connectivity index (χ1n) is 11.4. The lowest BCUT2D eigenvalue weighted by molar-refractivity contribution is 0.0529. The van der Waals surface area contributed by atoms with Gasteiger partial charge in [-0.05, 0) is 42.0 Å². The molecule has 2 atom stereocenters. The van der Waals surface area contributed by atoms with Crippen LogP contribution in [0.5, 0.6) is 5.75 Å². The highest BCUT2D eigenvalue weighted by atomic mass is 16.5. The van der Waals surface area contributed by atoms with Gasteiger partial charge in [-0.1, -0.05) is 30.3 Å². The van der Waals surface area contributed by atoms with Crippen LogP contribution in [0.15, 0.2) is 77.3 Å². The summed E-state index contributed by atoms with van der Waals surface area (Å²) < 4.78 is 21.4. The van der Waals surface area contributed by atoms with E-state index in [1.807, 2.05) is 6.07 Å². The Hall–Kier alpha value is -4.63. The number of rotatable bonds is 5. The van der Waals surface area contributed by atoms with E-state index < -0.39 is 24.1 Å². The minimum atomic E-state index is -1.09. The van der Waals surface area contributed by atoms with Crippen LogP contribution in [-0.2, 0) is 9.47 Å². The van der Waals surface area contributed by atoms with Crippen molar-refractivity contribution in [3.05, 3.63) is 95.5 Å². The molecule has 0 fully saturated rings. The fourth-order valence-electron chi connectivity index (χ4n) is 4.65. The highest BCUT2D eigenvalue weighted by molar-refractivity contribution is 6.09. The maximum absolute atomic E-state index is 13.2. The molecule has 0 radical (unpaired) electrons. The summed E-state index contributed by atoms with van der Waals surface area (Å²) in [6.45, 7) is 0. The van der Waals surface area contributed by atoms with Gasteiger partial charge in [-0.25, -0.2) is 9.59 Å². The minimum Gasteiger partial charge on any atom is -0.497 e. The van der Waals surface area contributed by atoms with Gasteiger partial charge in [0.15, 0.2) is 5.76 Å². The summed E-state index contributed by atoms with van der Waals surface area (Å²) in [7, 11) is 3.98. The first-order valence-corrected chi connectivity index (χ1v) is 11.4. The third-order valence-corrected chi connectivity index (χ3v) is 6.33. The number of esters is 2. The van der Waals surface area contributed by atoms with Gasteiger partial charge >= 0.3 is 11.9 Å². The minimum absolute atomic E-state index is 0.120. The summed E-state index contributed by atoms with van der Waals surface area (Å²) in [4.78, 5) is 32.3. The first-order chi connectivity index (χ1) is 18.0. The van der Waals surface area contributed by atoms with Crippen molar-refractivity contribution < 1.29 is 33.3 Å². The summed E-state index contributed by atoms with van der Waals surface area (Å²) >= 11 is 0. The molecular formula is C28H24N2O7. The molecule has 0 unspecified atom stereocenters. The summed E-state index contributed by atoms with van der Waals surface area (Å²) in [6, 6.07) is 18.8. The number of carbonyl (C=O) groups is 2. The van der Waals surface area contributed by atoms with Crippen LogP contribution in [0.2, 0.25) is 0 Å². The molecule has 2 aromatic heterocycles. The van der Waals surface area contributed by atoms with Crippen LogP contribution in [-0.4, -0.2) is 43.4 Å². The number of hydrogen-bond donors (Lipinski definition) is 1. The zero-order chi connectivity index (χ0) is 26.1. The van der Waals surface area contributed by atoms with Crippen molar-refractivity contribution in [2.24, 2.45) is 0 Å². The van der Waals surface area contributed by atoms with E-state index in [4.69, 9.17) is 18.6 Å². The SMILES string of the molecule is COC(=O)c1oc2c(c1C(=O)OC)N(c1ccc(OC)cc1)[C@H](c1ccccn1)[C@@H](O)c1ccccc1-2. The van der Waals surface area contributed by atoms with E-state index in [9.17, 15) is 14.7 Å². The van der Waals surface area contributed by atoms with E-state index in [0.717, 1.165) is 0 Å². The van der Waals surface area contributed by atoms with Crippen LogP contribution in [0.3, 0.4) is 0 Å². The Bertz CT molecular complexity index is 1450. The van der Waals surface area contributed by atoms with Crippen LogP contribution in [0.1, 0.15) is 44.3 Å². The second-order valence-corrected chi connectivity index (χ2v) is 8.27. The lowest BCUT2D eigenvalue weighted by Gasteiger charge is -2.35. The molecule has 0 spiro atoms. The van der Waals surface area contributed by atoms with Gasteiger partial charge in [-0.3, -0.25) is 4.98 Å². The van der Waals surface area contributed by atoms with E-state index in [2.05, 4.69) is 4.98 Å². The molecule has 1 N–H and O–H groups in total. The molecule has 0 saturated carbocycles. The molecule has 3 heterocycles. The average molecular weight is 501 g/mol. The van der Waals surface area contributed by atoms with Crippen molar-refractivity contribution in [1.82, 2.24) is 4.98 Å². The molecule has 0 bridgehead atoms. The van der Waals surface area contributed by atoms with Crippen LogP contribution in [0.25, 0.3) is 11.3 Å². The number of nitrogens with zero attached hydrogens (tertiary/aromatic N) is 2.